The largest absolute Gasteiger partial charge is 0.481 e. The van der Waals surface area contributed by atoms with E-state index in [2.05, 4.69) is 20.3 Å². The van der Waals surface area contributed by atoms with E-state index in [1.807, 2.05) is 33.8 Å². The van der Waals surface area contributed by atoms with Crippen molar-refractivity contribution in [1.82, 2.24) is 15.0 Å². The van der Waals surface area contributed by atoms with Gasteiger partial charge in [0, 0.05) is 23.9 Å². The Balaban J connectivity index is 1.76. The van der Waals surface area contributed by atoms with Crippen molar-refractivity contribution in [3.63, 3.8) is 0 Å². The van der Waals surface area contributed by atoms with Crippen LogP contribution in [0.1, 0.15) is 61.6 Å². The maximum absolute atomic E-state index is 12.2. The summed E-state index contributed by atoms with van der Waals surface area (Å²) in [5.74, 6) is 1.38. The van der Waals surface area contributed by atoms with Crippen LogP contribution in [0.3, 0.4) is 0 Å². The highest BCUT2D eigenvalue weighted by molar-refractivity contribution is 5.93. The Morgan fingerprint density at radius 1 is 1.19 bits per heavy atom. The van der Waals surface area contributed by atoms with Crippen molar-refractivity contribution in [2.75, 3.05) is 12.4 Å². The number of nitrogens with zero attached hydrogens (tertiary/aromatic N) is 3. The second-order valence-electron chi connectivity index (χ2n) is 8.22. The molecule has 0 amide bonds. The predicted molar refractivity (Wildman–Crippen MR) is 119 cm³/mol. The number of anilines is 2. The molecule has 3 aromatic heterocycles. The van der Waals surface area contributed by atoms with Crippen molar-refractivity contribution < 1.29 is 14.3 Å². The zero-order valence-electron chi connectivity index (χ0n) is 18.4. The van der Waals surface area contributed by atoms with E-state index in [9.17, 15) is 4.79 Å². The molecule has 1 aliphatic rings. The van der Waals surface area contributed by atoms with Gasteiger partial charge in [-0.05, 0) is 49.4 Å². The smallest absolute Gasteiger partial charge is 0.340 e. The number of methoxy groups -OCH3 is 1. The van der Waals surface area contributed by atoms with E-state index in [0.717, 1.165) is 28.5 Å². The molecule has 4 heterocycles. The molecule has 0 aliphatic carbocycles. The van der Waals surface area contributed by atoms with Crippen LogP contribution < -0.4 is 15.8 Å². The van der Waals surface area contributed by atoms with Crippen molar-refractivity contribution in [1.29, 1.82) is 0 Å². The van der Waals surface area contributed by atoms with E-state index >= 15 is 0 Å². The van der Waals surface area contributed by atoms with Gasteiger partial charge < -0.3 is 20.5 Å². The highest BCUT2D eigenvalue weighted by atomic mass is 16.5. The minimum absolute atomic E-state index is 0.00320. The molecule has 0 radical (unpaired) electrons. The first-order valence-corrected chi connectivity index (χ1v) is 10.4. The van der Waals surface area contributed by atoms with E-state index in [1.54, 1.807) is 31.6 Å². The number of carbonyl (C=O) groups is 1. The molecular weight excluding hydrogens is 394 g/mol. The van der Waals surface area contributed by atoms with Crippen LogP contribution in [-0.4, -0.2) is 34.1 Å². The number of hydrogen-bond donors (Lipinski definition) is 2. The second-order valence-corrected chi connectivity index (χ2v) is 8.22. The Labute approximate surface area is 181 Å². The number of esters is 1. The number of carbonyl (C=O) groups excluding carboxylic acids is 1. The number of nitrogens with one attached hydrogen (secondary N) is 1. The maximum Gasteiger partial charge on any atom is 0.340 e. The molecular formula is C23H27N5O3. The number of hydrogen-bond acceptors (Lipinski definition) is 8. The van der Waals surface area contributed by atoms with Crippen molar-refractivity contribution in [2.45, 2.75) is 51.7 Å². The topological polar surface area (TPSA) is 112 Å². The summed E-state index contributed by atoms with van der Waals surface area (Å²) in [4.78, 5) is 25.8. The van der Waals surface area contributed by atoms with Crippen LogP contribution >= 0.6 is 0 Å². The normalized spacial score (nSPS) is 20.0. The molecule has 162 valence electrons. The van der Waals surface area contributed by atoms with Gasteiger partial charge in [0.05, 0.1) is 23.8 Å². The van der Waals surface area contributed by atoms with Crippen molar-refractivity contribution in [2.24, 2.45) is 5.73 Å². The van der Waals surface area contributed by atoms with E-state index in [4.69, 9.17) is 15.2 Å². The first-order chi connectivity index (χ1) is 14.7. The first kappa shape index (κ1) is 21.0. The average Bonchev–Trinajstić information content (AvgIpc) is 2.76. The van der Waals surface area contributed by atoms with E-state index in [0.29, 0.717) is 23.1 Å². The van der Waals surface area contributed by atoms with Gasteiger partial charge in [-0.2, -0.15) is 0 Å². The van der Waals surface area contributed by atoms with Crippen LogP contribution in [0.5, 0.6) is 5.88 Å². The number of rotatable bonds is 5. The Bertz CT molecular complexity index is 1160. The van der Waals surface area contributed by atoms with E-state index < -0.39 is 5.54 Å². The zero-order valence-corrected chi connectivity index (χ0v) is 18.4. The van der Waals surface area contributed by atoms with Crippen LogP contribution in [0.25, 0.3) is 10.8 Å². The van der Waals surface area contributed by atoms with Crippen LogP contribution in [0.4, 0.5) is 11.6 Å². The van der Waals surface area contributed by atoms with Crippen molar-refractivity contribution >= 4 is 28.4 Å². The maximum atomic E-state index is 12.2. The third-order valence-electron chi connectivity index (χ3n) is 6.11. The lowest BCUT2D eigenvalue weighted by Crippen LogP contribution is -2.32. The summed E-state index contributed by atoms with van der Waals surface area (Å²) in [5, 5.41) is 4.96. The second kappa shape index (κ2) is 7.77. The number of aromatic nitrogens is 3. The summed E-state index contributed by atoms with van der Waals surface area (Å²) in [6.45, 7) is 7.90. The zero-order chi connectivity index (χ0) is 22.3. The van der Waals surface area contributed by atoms with Crippen molar-refractivity contribution in [3.05, 3.63) is 47.4 Å². The third-order valence-corrected chi connectivity index (χ3v) is 6.11. The molecule has 0 unspecified atom stereocenters. The fourth-order valence-electron chi connectivity index (χ4n) is 3.74. The Morgan fingerprint density at radius 2 is 1.97 bits per heavy atom. The van der Waals surface area contributed by atoms with Crippen LogP contribution in [0.15, 0.2) is 30.6 Å². The Morgan fingerprint density at radius 3 is 2.68 bits per heavy atom. The van der Waals surface area contributed by atoms with Gasteiger partial charge >= 0.3 is 5.97 Å². The molecule has 0 aromatic carbocycles. The van der Waals surface area contributed by atoms with Gasteiger partial charge in [0.15, 0.2) is 0 Å². The standard InChI is InChI=1S/C23H27N5O3/c1-6-23(4,24)17-11-26-21(30-5)16-10-25-19(9-15(16)17)27-18-8-7-14-20(28-18)12(2)13(3)31-22(14)29/h7-13H,6,24H2,1-5H3,(H,25,27,28)/t12-,13+,23+/m0/s1. The fraction of sp³-hybridized carbons (Fsp3) is 0.391. The van der Waals surface area contributed by atoms with Crippen LogP contribution in [-0.2, 0) is 10.3 Å². The third kappa shape index (κ3) is 3.67. The summed E-state index contributed by atoms with van der Waals surface area (Å²) in [6.07, 6.45) is 4.01. The molecule has 0 fully saturated rings. The fourth-order valence-corrected chi connectivity index (χ4v) is 3.74. The SMILES string of the molecule is CC[C@@](C)(N)c1cnc(OC)c2cnc(Nc3ccc4c(n3)[C@@H](C)[C@@H](C)OC4=O)cc12. The van der Waals surface area contributed by atoms with Gasteiger partial charge in [0.25, 0.3) is 0 Å². The average molecular weight is 422 g/mol. The molecule has 0 saturated carbocycles. The highest BCUT2D eigenvalue weighted by Crippen LogP contribution is 2.35. The lowest BCUT2D eigenvalue weighted by molar-refractivity contribution is 0.0235. The summed E-state index contributed by atoms with van der Waals surface area (Å²) >= 11 is 0. The molecule has 0 spiro atoms. The highest BCUT2D eigenvalue weighted by Gasteiger charge is 2.31. The monoisotopic (exact) mass is 421 g/mol. The summed E-state index contributed by atoms with van der Waals surface area (Å²) in [7, 11) is 1.58. The molecule has 8 heteroatoms. The van der Waals surface area contributed by atoms with Gasteiger partial charge in [-0.15, -0.1) is 0 Å². The van der Waals surface area contributed by atoms with Crippen LogP contribution in [0, 0.1) is 0 Å². The number of fused-ring (bicyclic) bond motifs is 2. The number of pyridine rings is 3. The minimum Gasteiger partial charge on any atom is -0.481 e. The predicted octanol–water partition coefficient (Wildman–Crippen LogP) is 4.02. The minimum atomic E-state index is -0.549. The molecule has 0 saturated heterocycles. The van der Waals surface area contributed by atoms with Gasteiger partial charge in [-0.1, -0.05) is 13.8 Å². The van der Waals surface area contributed by atoms with E-state index in [1.165, 1.54) is 0 Å². The lowest BCUT2D eigenvalue weighted by atomic mass is 9.88. The number of ether oxygens (including phenoxy) is 2. The van der Waals surface area contributed by atoms with Crippen molar-refractivity contribution in [3.8, 4) is 5.88 Å². The van der Waals surface area contributed by atoms with Crippen LogP contribution in [0.2, 0.25) is 0 Å². The van der Waals surface area contributed by atoms with Gasteiger partial charge in [-0.25, -0.2) is 19.7 Å². The molecule has 3 atom stereocenters. The first-order valence-electron chi connectivity index (χ1n) is 10.4. The molecule has 8 nitrogen and oxygen atoms in total. The molecule has 0 bridgehead atoms. The van der Waals surface area contributed by atoms with Gasteiger partial charge in [-0.3, -0.25) is 0 Å². The van der Waals surface area contributed by atoms with Gasteiger partial charge in [0.2, 0.25) is 5.88 Å². The molecule has 3 aromatic rings. The van der Waals surface area contributed by atoms with E-state index in [-0.39, 0.29) is 18.0 Å². The molecule has 31 heavy (non-hydrogen) atoms. The Kier molecular flexibility index (Phi) is 5.26. The number of nitrogens with two attached hydrogens (primary N) is 1. The molecule has 3 N–H and O–H groups in total. The summed E-state index contributed by atoms with van der Waals surface area (Å²) in [6, 6.07) is 5.42. The molecule has 1 aliphatic heterocycles. The molecule has 4 rings (SSSR count). The lowest BCUT2D eigenvalue weighted by Gasteiger charge is -2.27. The summed E-state index contributed by atoms with van der Waals surface area (Å²) in [5.41, 5.74) is 8.13. The quantitative estimate of drug-likeness (QED) is 0.594. The summed E-state index contributed by atoms with van der Waals surface area (Å²) < 4.78 is 10.8. The van der Waals surface area contributed by atoms with Gasteiger partial charge in [0.1, 0.15) is 17.7 Å². The Hall–Kier alpha value is -3.26. The number of cyclic esters (lactones) is 1.